The van der Waals surface area contributed by atoms with Crippen molar-refractivity contribution in [1.82, 2.24) is 0 Å². The third-order valence-electron chi connectivity index (χ3n) is 2.76. The molecular formula is C14H11F2NO3. The molecule has 104 valence electrons. The van der Waals surface area contributed by atoms with E-state index in [1.165, 1.54) is 18.2 Å². The molecule has 0 fully saturated rings. The average molecular weight is 279 g/mol. The van der Waals surface area contributed by atoms with Gasteiger partial charge in [-0.15, -0.1) is 0 Å². The van der Waals surface area contributed by atoms with Crippen molar-refractivity contribution in [3.63, 3.8) is 0 Å². The van der Waals surface area contributed by atoms with E-state index in [2.05, 4.69) is 0 Å². The summed E-state index contributed by atoms with van der Waals surface area (Å²) in [5.74, 6) is -0.582. The number of nitro groups is 1. The first kappa shape index (κ1) is 13.9. The maximum atomic E-state index is 13.1. The van der Waals surface area contributed by atoms with Gasteiger partial charge in [-0.3, -0.25) is 10.1 Å². The van der Waals surface area contributed by atoms with Crippen LogP contribution >= 0.6 is 0 Å². The monoisotopic (exact) mass is 279 g/mol. The van der Waals surface area contributed by atoms with Crippen LogP contribution in [-0.4, -0.2) is 4.92 Å². The second kappa shape index (κ2) is 5.64. The number of rotatable bonds is 4. The van der Waals surface area contributed by atoms with Crippen molar-refractivity contribution in [2.75, 3.05) is 0 Å². The SMILES string of the molecule is Cc1cc(F)ccc1OCc1cc(F)ccc1[N+](=O)[O-]. The van der Waals surface area contributed by atoms with Crippen LogP contribution in [0.4, 0.5) is 14.5 Å². The maximum Gasteiger partial charge on any atom is 0.276 e. The zero-order valence-electron chi connectivity index (χ0n) is 10.6. The fraction of sp³-hybridized carbons (Fsp3) is 0.143. The van der Waals surface area contributed by atoms with Gasteiger partial charge in [-0.1, -0.05) is 0 Å². The molecule has 0 aliphatic carbocycles. The van der Waals surface area contributed by atoms with Crippen molar-refractivity contribution in [2.45, 2.75) is 13.5 Å². The smallest absolute Gasteiger partial charge is 0.276 e. The molecule has 0 aliphatic rings. The molecule has 0 bridgehead atoms. The Morgan fingerprint density at radius 2 is 1.80 bits per heavy atom. The Balaban J connectivity index is 2.22. The number of hydrogen-bond donors (Lipinski definition) is 0. The van der Waals surface area contributed by atoms with Gasteiger partial charge in [0.1, 0.15) is 24.0 Å². The van der Waals surface area contributed by atoms with E-state index in [4.69, 9.17) is 4.74 Å². The Morgan fingerprint density at radius 3 is 2.45 bits per heavy atom. The van der Waals surface area contributed by atoms with Gasteiger partial charge >= 0.3 is 0 Å². The molecule has 0 atom stereocenters. The fourth-order valence-electron chi connectivity index (χ4n) is 1.78. The van der Waals surface area contributed by atoms with Gasteiger partial charge < -0.3 is 4.74 Å². The van der Waals surface area contributed by atoms with Gasteiger partial charge in [-0.05, 0) is 42.8 Å². The van der Waals surface area contributed by atoms with E-state index in [-0.39, 0.29) is 17.9 Å². The average Bonchev–Trinajstić information content (AvgIpc) is 2.37. The van der Waals surface area contributed by atoms with E-state index >= 15 is 0 Å². The Hall–Kier alpha value is -2.50. The first-order valence-corrected chi connectivity index (χ1v) is 5.79. The Labute approximate surface area is 113 Å². The summed E-state index contributed by atoms with van der Waals surface area (Å²) in [5, 5.41) is 10.8. The number of ether oxygens (including phenoxy) is 1. The molecule has 6 heteroatoms. The van der Waals surface area contributed by atoms with Gasteiger partial charge in [0.05, 0.1) is 10.5 Å². The van der Waals surface area contributed by atoms with Crippen molar-refractivity contribution >= 4 is 5.69 Å². The third kappa shape index (κ3) is 3.09. The van der Waals surface area contributed by atoms with Crippen LogP contribution in [0.25, 0.3) is 0 Å². The molecule has 0 amide bonds. The van der Waals surface area contributed by atoms with Gasteiger partial charge in [-0.2, -0.15) is 0 Å². The van der Waals surface area contributed by atoms with Crippen LogP contribution in [0.2, 0.25) is 0 Å². The molecule has 0 saturated heterocycles. The largest absolute Gasteiger partial charge is 0.488 e. The highest BCUT2D eigenvalue weighted by Gasteiger charge is 2.15. The topological polar surface area (TPSA) is 52.4 Å². The summed E-state index contributed by atoms with van der Waals surface area (Å²) in [5.41, 5.74) is 0.467. The summed E-state index contributed by atoms with van der Waals surface area (Å²) in [6.07, 6.45) is 0. The zero-order chi connectivity index (χ0) is 14.7. The second-order valence-corrected chi connectivity index (χ2v) is 4.23. The second-order valence-electron chi connectivity index (χ2n) is 4.23. The number of aryl methyl sites for hydroxylation is 1. The minimum absolute atomic E-state index is 0.124. The predicted molar refractivity (Wildman–Crippen MR) is 68.5 cm³/mol. The lowest BCUT2D eigenvalue weighted by molar-refractivity contribution is -0.385. The van der Waals surface area contributed by atoms with Gasteiger partial charge in [-0.25, -0.2) is 8.78 Å². The fourth-order valence-corrected chi connectivity index (χ4v) is 1.78. The van der Waals surface area contributed by atoms with E-state index in [1.807, 2.05) is 0 Å². The molecule has 2 rings (SSSR count). The molecule has 0 N–H and O–H groups in total. The molecule has 0 saturated carbocycles. The summed E-state index contributed by atoms with van der Waals surface area (Å²) >= 11 is 0. The van der Waals surface area contributed by atoms with Gasteiger partial charge in [0.25, 0.3) is 5.69 Å². The van der Waals surface area contributed by atoms with E-state index < -0.39 is 16.6 Å². The molecule has 20 heavy (non-hydrogen) atoms. The number of hydrogen-bond acceptors (Lipinski definition) is 3. The highest BCUT2D eigenvalue weighted by molar-refractivity contribution is 5.40. The van der Waals surface area contributed by atoms with Crippen molar-refractivity contribution in [2.24, 2.45) is 0 Å². The molecule has 0 radical (unpaired) electrons. The van der Waals surface area contributed by atoms with Gasteiger partial charge in [0.15, 0.2) is 0 Å². The highest BCUT2D eigenvalue weighted by Crippen LogP contribution is 2.24. The molecule has 2 aromatic rings. The Morgan fingerprint density at radius 1 is 1.15 bits per heavy atom. The molecule has 0 aromatic heterocycles. The number of halogens is 2. The minimum Gasteiger partial charge on any atom is -0.488 e. The molecule has 0 spiro atoms. The van der Waals surface area contributed by atoms with E-state index in [0.717, 1.165) is 18.2 Å². The summed E-state index contributed by atoms with van der Waals surface area (Å²) < 4.78 is 31.5. The van der Waals surface area contributed by atoms with E-state index in [1.54, 1.807) is 6.92 Å². The van der Waals surface area contributed by atoms with Gasteiger partial charge in [0.2, 0.25) is 0 Å². The van der Waals surface area contributed by atoms with Gasteiger partial charge in [0, 0.05) is 6.07 Å². The molecule has 0 heterocycles. The number of nitrogens with zero attached hydrogens (tertiary/aromatic N) is 1. The van der Waals surface area contributed by atoms with Crippen LogP contribution < -0.4 is 4.74 Å². The lowest BCUT2D eigenvalue weighted by atomic mass is 10.2. The van der Waals surface area contributed by atoms with E-state index in [9.17, 15) is 18.9 Å². The summed E-state index contributed by atoms with van der Waals surface area (Å²) in [6.45, 7) is 1.49. The Bertz CT molecular complexity index is 659. The molecular weight excluding hydrogens is 268 g/mol. The first-order valence-electron chi connectivity index (χ1n) is 5.79. The lowest BCUT2D eigenvalue weighted by Gasteiger charge is -2.09. The van der Waals surface area contributed by atoms with Crippen molar-refractivity contribution in [3.05, 3.63) is 69.3 Å². The highest BCUT2D eigenvalue weighted by atomic mass is 19.1. The summed E-state index contributed by atoms with van der Waals surface area (Å²) in [6, 6.07) is 7.10. The summed E-state index contributed by atoms with van der Waals surface area (Å²) in [7, 11) is 0. The van der Waals surface area contributed by atoms with Crippen LogP contribution in [0.1, 0.15) is 11.1 Å². The van der Waals surface area contributed by atoms with Crippen LogP contribution in [0.3, 0.4) is 0 Å². The Kier molecular flexibility index (Phi) is 3.93. The normalized spacial score (nSPS) is 10.3. The molecule has 2 aromatic carbocycles. The first-order chi connectivity index (χ1) is 9.47. The van der Waals surface area contributed by atoms with Crippen LogP contribution in [0, 0.1) is 28.7 Å². The molecule has 4 nitrogen and oxygen atoms in total. The maximum absolute atomic E-state index is 13.1. The van der Waals surface area contributed by atoms with Crippen molar-refractivity contribution in [1.29, 1.82) is 0 Å². The lowest BCUT2D eigenvalue weighted by Crippen LogP contribution is -2.02. The predicted octanol–water partition coefficient (Wildman–Crippen LogP) is 3.76. The van der Waals surface area contributed by atoms with E-state index in [0.29, 0.717) is 11.3 Å². The van der Waals surface area contributed by atoms with Crippen LogP contribution in [0.5, 0.6) is 5.75 Å². The van der Waals surface area contributed by atoms with Crippen molar-refractivity contribution in [3.8, 4) is 5.75 Å². The third-order valence-corrected chi connectivity index (χ3v) is 2.76. The zero-order valence-corrected chi connectivity index (χ0v) is 10.6. The standard InChI is InChI=1S/C14H11F2NO3/c1-9-6-11(15)3-5-14(9)20-8-10-7-12(16)2-4-13(10)17(18)19/h2-7H,8H2,1H3. The quantitative estimate of drug-likeness (QED) is 0.632. The van der Waals surface area contributed by atoms with Crippen molar-refractivity contribution < 1.29 is 18.4 Å². The summed E-state index contributed by atoms with van der Waals surface area (Å²) in [4.78, 5) is 10.2. The number of nitro benzene ring substituents is 1. The minimum atomic E-state index is -0.602. The molecule has 0 unspecified atom stereocenters. The van der Waals surface area contributed by atoms with Crippen LogP contribution in [-0.2, 0) is 6.61 Å². The molecule has 0 aliphatic heterocycles. The van der Waals surface area contributed by atoms with Crippen LogP contribution in [0.15, 0.2) is 36.4 Å². The number of benzene rings is 2.